The predicted molar refractivity (Wildman–Crippen MR) is 45.3 cm³/mol. The Hall–Kier alpha value is -1.05. The summed E-state index contributed by atoms with van der Waals surface area (Å²) in [5.74, 6) is 1.92. The molecule has 12 heavy (non-hydrogen) atoms. The van der Waals surface area contributed by atoms with Gasteiger partial charge in [0, 0.05) is 11.8 Å². The van der Waals surface area contributed by atoms with Gasteiger partial charge in [0.15, 0.2) is 5.78 Å². The van der Waals surface area contributed by atoms with Crippen LogP contribution in [0.25, 0.3) is 0 Å². The highest BCUT2D eigenvalue weighted by atomic mass is 16.3. The molecule has 0 saturated heterocycles. The largest absolute Gasteiger partial charge is 0.466 e. The van der Waals surface area contributed by atoms with E-state index in [1.165, 1.54) is 0 Å². The number of hydrogen-bond donors (Lipinski definition) is 0. The maximum Gasteiger partial charge on any atom is 0.172 e. The summed E-state index contributed by atoms with van der Waals surface area (Å²) < 4.78 is 5.41. The van der Waals surface area contributed by atoms with Crippen LogP contribution in [0.2, 0.25) is 0 Å². The van der Waals surface area contributed by atoms with Crippen LogP contribution < -0.4 is 0 Å². The molecule has 1 heterocycles. The SMILES string of the molecule is Cc1cc2c(o1)CC(C)(C)C2=O. The van der Waals surface area contributed by atoms with Crippen molar-refractivity contribution in [3.63, 3.8) is 0 Å². The van der Waals surface area contributed by atoms with Gasteiger partial charge in [0.05, 0.1) is 5.56 Å². The average Bonchev–Trinajstić information content (AvgIpc) is 2.35. The predicted octanol–water partition coefficient (Wildman–Crippen LogP) is 2.35. The molecule has 0 aliphatic heterocycles. The van der Waals surface area contributed by atoms with E-state index < -0.39 is 0 Å². The van der Waals surface area contributed by atoms with Crippen LogP contribution in [-0.2, 0) is 6.42 Å². The van der Waals surface area contributed by atoms with Crippen molar-refractivity contribution in [1.29, 1.82) is 0 Å². The van der Waals surface area contributed by atoms with E-state index in [1.807, 2.05) is 26.8 Å². The van der Waals surface area contributed by atoms with Crippen LogP contribution >= 0.6 is 0 Å². The molecule has 2 heteroatoms. The van der Waals surface area contributed by atoms with Crippen molar-refractivity contribution < 1.29 is 9.21 Å². The Morgan fingerprint density at radius 1 is 1.50 bits per heavy atom. The number of fused-ring (bicyclic) bond motifs is 1. The van der Waals surface area contributed by atoms with Gasteiger partial charge in [0.1, 0.15) is 11.5 Å². The van der Waals surface area contributed by atoms with Gasteiger partial charge in [-0.1, -0.05) is 13.8 Å². The van der Waals surface area contributed by atoms with Gasteiger partial charge in [-0.3, -0.25) is 4.79 Å². The zero-order valence-electron chi connectivity index (χ0n) is 7.60. The van der Waals surface area contributed by atoms with E-state index in [0.29, 0.717) is 0 Å². The molecule has 0 saturated carbocycles. The molecule has 0 atom stereocenters. The van der Waals surface area contributed by atoms with E-state index in [-0.39, 0.29) is 11.2 Å². The Morgan fingerprint density at radius 3 is 2.75 bits per heavy atom. The number of aryl methyl sites for hydroxylation is 1. The summed E-state index contributed by atoms with van der Waals surface area (Å²) in [6, 6.07) is 1.84. The lowest BCUT2D eigenvalue weighted by Crippen LogP contribution is -2.19. The topological polar surface area (TPSA) is 30.2 Å². The zero-order chi connectivity index (χ0) is 8.93. The van der Waals surface area contributed by atoms with Crippen molar-refractivity contribution >= 4 is 5.78 Å². The minimum atomic E-state index is -0.248. The van der Waals surface area contributed by atoms with Crippen LogP contribution in [0, 0.1) is 12.3 Å². The molecule has 0 spiro atoms. The lowest BCUT2D eigenvalue weighted by Gasteiger charge is -2.12. The van der Waals surface area contributed by atoms with Gasteiger partial charge in [0.25, 0.3) is 0 Å². The minimum absolute atomic E-state index is 0.217. The summed E-state index contributed by atoms with van der Waals surface area (Å²) in [4.78, 5) is 11.7. The Bertz CT molecular complexity index is 345. The fraction of sp³-hybridized carbons (Fsp3) is 0.500. The van der Waals surface area contributed by atoms with E-state index in [9.17, 15) is 4.79 Å². The number of hydrogen-bond acceptors (Lipinski definition) is 2. The fourth-order valence-corrected chi connectivity index (χ4v) is 1.73. The molecular formula is C10H12O2. The Labute approximate surface area is 71.6 Å². The normalized spacial score (nSPS) is 19.8. The van der Waals surface area contributed by atoms with Gasteiger partial charge in [-0.2, -0.15) is 0 Å². The number of carbonyl (C=O) groups is 1. The molecule has 0 unspecified atom stereocenters. The highest BCUT2D eigenvalue weighted by Crippen LogP contribution is 2.37. The van der Waals surface area contributed by atoms with Crippen LogP contribution in [0.4, 0.5) is 0 Å². The van der Waals surface area contributed by atoms with Crippen LogP contribution in [0.5, 0.6) is 0 Å². The molecule has 0 N–H and O–H groups in total. The maximum atomic E-state index is 11.7. The molecule has 1 aromatic rings. The molecule has 1 aliphatic carbocycles. The number of furan rings is 1. The quantitative estimate of drug-likeness (QED) is 0.589. The van der Waals surface area contributed by atoms with Crippen molar-refractivity contribution in [2.75, 3.05) is 0 Å². The summed E-state index contributed by atoms with van der Waals surface area (Å²) in [7, 11) is 0. The van der Waals surface area contributed by atoms with Crippen LogP contribution in [0.15, 0.2) is 10.5 Å². The third-order valence-corrected chi connectivity index (χ3v) is 2.39. The van der Waals surface area contributed by atoms with Gasteiger partial charge in [-0.05, 0) is 13.0 Å². The molecule has 1 aromatic heterocycles. The molecule has 2 rings (SSSR count). The van der Waals surface area contributed by atoms with E-state index in [1.54, 1.807) is 0 Å². The van der Waals surface area contributed by atoms with E-state index in [4.69, 9.17) is 4.42 Å². The second kappa shape index (κ2) is 2.00. The van der Waals surface area contributed by atoms with Crippen LogP contribution in [0.3, 0.4) is 0 Å². The average molecular weight is 164 g/mol. The first-order chi connectivity index (χ1) is 5.50. The number of Topliss-reactive ketones (excluding diaryl/α,β-unsaturated/α-hetero) is 1. The molecule has 2 nitrogen and oxygen atoms in total. The van der Waals surface area contributed by atoms with Crippen molar-refractivity contribution in [3.05, 3.63) is 23.2 Å². The van der Waals surface area contributed by atoms with Crippen molar-refractivity contribution in [2.24, 2.45) is 5.41 Å². The van der Waals surface area contributed by atoms with Crippen molar-refractivity contribution in [3.8, 4) is 0 Å². The third-order valence-electron chi connectivity index (χ3n) is 2.39. The highest BCUT2D eigenvalue weighted by Gasteiger charge is 2.40. The lowest BCUT2D eigenvalue weighted by molar-refractivity contribution is 0.0861. The summed E-state index contributed by atoms with van der Waals surface area (Å²) >= 11 is 0. The molecule has 0 radical (unpaired) electrons. The second-order valence-corrected chi connectivity index (χ2v) is 4.08. The Morgan fingerprint density at radius 2 is 2.17 bits per heavy atom. The Kier molecular flexibility index (Phi) is 1.27. The maximum absolute atomic E-state index is 11.7. The van der Waals surface area contributed by atoms with Crippen LogP contribution in [0.1, 0.15) is 35.7 Å². The molecule has 0 fully saturated rings. The number of rotatable bonds is 0. The number of ketones is 1. The molecular weight excluding hydrogens is 152 g/mol. The minimum Gasteiger partial charge on any atom is -0.466 e. The molecule has 0 aromatic carbocycles. The third kappa shape index (κ3) is 0.840. The monoisotopic (exact) mass is 164 g/mol. The van der Waals surface area contributed by atoms with E-state index >= 15 is 0 Å². The fourth-order valence-electron chi connectivity index (χ4n) is 1.73. The molecule has 64 valence electrons. The van der Waals surface area contributed by atoms with Crippen LogP contribution in [-0.4, -0.2) is 5.78 Å². The molecule has 0 amide bonds. The first kappa shape index (κ1) is 7.59. The smallest absolute Gasteiger partial charge is 0.172 e. The van der Waals surface area contributed by atoms with Gasteiger partial charge < -0.3 is 4.42 Å². The van der Waals surface area contributed by atoms with Gasteiger partial charge >= 0.3 is 0 Å². The standard InChI is InChI=1S/C10H12O2/c1-6-4-7-8(12-6)5-10(2,3)9(7)11/h4H,5H2,1-3H3. The van der Waals surface area contributed by atoms with Crippen molar-refractivity contribution in [2.45, 2.75) is 27.2 Å². The summed E-state index contributed by atoms with van der Waals surface area (Å²) in [5, 5.41) is 0. The molecule has 1 aliphatic rings. The number of carbonyl (C=O) groups excluding carboxylic acids is 1. The molecule has 0 bridgehead atoms. The van der Waals surface area contributed by atoms with Gasteiger partial charge in [-0.15, -0.1) is 0 Å². The summed E-state index contributed by atoms with van der Waals surface area (Å²) in [6.45, 7) is 5.79. The summed E-state index contributed by atoms with van der Waals surface area (Å²) in [6.07, 6.45) is 0.745. The summed E-state index contributed by atoms with van der Waals surface area (Å²) in [5.41, 5.74) is 0.541. The second-order valence-electron chi connectivity index (χ2n) is 4.08. The highest BCUT2D eigenvalue weighted by molar-refractivity contribution is 6.03. The van der Waals surface area contributed by atoms with Gasteiger partial charge in [-0.25, -0.2) is 0 Å². The Balaban J connectivity index is 2.53. The zero-order valence-corrected chi connectivity index (χ0v) is 7.60. The van der Waals surface area contributed by atoms with Crippen molar-refractivity contribution in [1.82, 2.24) is 0 Å². The first-order valence-electron chi connectivity index (χ1n) is 4.15. The lowest BCUT2D eigenvalue weighted by atomic mass is 9.89. The van der Waals surface area contributed by atoms with E-state index in [2.05, 4.69) is 0 Å². The first-order valence-corrected chi connectivity index (χ1v) is 4.15. The van der Waals surface area contributed by atoms with E-state index in [0.717, 1.165) is 23.5 Å². The van der Waals surface area contributed by atoms with Gasteiger partial charge in [0.2, 0.25) is 0 Å².